The maximum atomic E-state index is 12.5. The summed E-state index contributed by atoms with van der Waals surface area (Å²) in [5.74, 6) is 0.680. The van der Waals surface area contributed by atoms with Crippen LogP contribution in [0.2, 0.25) is 0 Å². The lowest BCUT2D eigenvalue weighted by molar-refractivity contribution is 0.102. The van der Waals surface area contributed by atoms with Crippen molar-refractivity contribution < 1.29 is 13.9 Å². The minimum atomic E-state index is -0.600. The zero-order valence-electron chi connectivity index (χ0n) is 12.9. The van der Waals surface area contributed by atoms with E-state index >= 15 is 0 Å². The van der Waals surface area contributed by atoms with Gasteiger partial charge in [0, 0.05) is 30.6 Å². The zero-order chi connectivity index (χ0) is 16.6. The molecule has 0 unspecified atom stereocenters. The third-order valence-corrected chi connectivity index (χ3v) is 3.44. The summed E-state index contributed by atoms with van der Waals surface area (Å²) in [4.78, 5) is 24.3. The van der Waals surface area contributed by atoms with Crippen LogP contribution in [0.4, 0.5) is 5.82 Å². The number of methoxy groups -OCH3 is 1. The summed E-state index contributed by atoms with van der Waals surface area (Å²) in [5, 5.41) is 7.44. The Morgan fingerprint density at radius 3 is 2.74 bits per heavy atom. The molecule has 0 radical (unpaired) electrons. The van der Waals surface area contributed by atoms with Gasteiger partial charge in [0.15, 0.2) is 0 Å². The van der Waals surface area contributed by atoms with Crippen LogP contribution in [-0.2, 0) is 7.05 Å². The van der Waals surface area contributed by atoms with Crippen LogP contribution in [0.5, 0.6) is 5.75 Å². The number of nitrogens with one attached hydrogen (secondary N) is 1. The van der Waals surface area contributed by atoms with E-state index in [4.69, 9.17) is 9.15 Å². The first-order valence-electron chi connectivity index (χ1n) is 6.92. The second-order valence-corrected chi connectivity index (χ2v) is 5.09. The van der Waals surface area contributed by atoms with E-state index in [2.05, 4.69) is 10.4 Å². The minimum Gasteiger partial charge on any atom is -0.497 e. The molecular formula is C16H15N3O4. The van der Waals surface area contributed by atoms with Crippen molar-refractivity contribution in [2.45, 2.75) is 6.92 Å². The number of anilines is 1. The van der Waals surface area contributed by atoms with E-state index < -0.39 is 11.5 Å². The van der Waals surface area contributed by atoms with Gasteiger partial charge in [-0.25, -0.2) is 4.79 Å². The maximum absolute atomic E-state index is 12.5. The standard InChI is InChI=1S/C16H15N3O4/c1-9-6-14(19(2)18-9)17-16(21)12-8-15(20)23-13-7-10(22-3)4-5-11(12)13/h4-8H,1-3H3,(H,17,21). The van der Waals surface area contributed by atoms with E-state index in [1.165, 1.54) is 13.2 Å². The Hall–Kier alpha value is -3.09. The lowest BCUT2D eigenvalue weighted by Crippen LogP contribution is -2.17. The number of nitrogens with zero attached hydrogens (tertiary/aromatic N) is 2. The Morgan fingerprint density at radius 1 is 1.30 bits per heavy atom. The molecule has 7 heteroatoms. The van der Waals surface area contributed by atoms with Gasteiger partial charge in [0.1, 0.15) is 17.2 Å². The Labute approximate surface area is 131 Å². The molecule has 0 saturated carbocycles. The van der Waals surface area contributed by atoms with Gasteiger partial charge in [-0.2, -0.15) is 5.10 Å². The molecule has 2 heterocycles. The largest absolute Gasteiger partial charge is 0.497 e. The van der Waals surface area contributed by atoms with Crippen molar-refractivity contribution in [1.29, 1.82) is 0 Å². The number of rotatable bonds is 3. The molecular weight excluding hydrogens is 298 g/mol. The van der Waals surface area contributed by atoms with E-state index in [-0.39, 0.29) is 5.56 Å². The van der Waals surface area contributed by atoms with Crippen molar-refractivity contribution in [3.63, 3.8) is 0 Å². The normalized spacial score (nSPS) is 10.7. The number of ether oxygens (including phenoxy) is 1. The Kier molecular flexibility index (Phi) is 3.61. The number of hydrogen-bond donors (Lipinski definition) is 1. The van der Waals surface area contributed by atoms with Crippen LogP contribution in [0.3, 0.4) is 0 Å². The quantitative estimate of drug-likeness (QED) is 0.748. The molecule has 0 aliphatic rings. The third kappa shape index (κ3) is 2.80. The number of fused-ring (bicyclic) bond motifs is 1. The van der Waals surface area contributed by atoms with Crippen LogP contribution >= 0.6 is 0 Å². The molecule has 7 nitrogen and oxygen atoms in total. The first-order chi connectivity index (χ1) is 11.0. The minimum absolute atomic E-state index is 0.234. The number of hydrogen-bond acceptors (Lipinski definition) is 5. The van der Waals surface area contributed by atoms with E-state index in [0.29, 0.717) is 22.5 Å². The average molecular weight is 313 g/mol. The molecule has 2 aromatic heterocycles. The first kappa shape index (κ1) is 14.8. The van der Waals surface area contributed by atoms with Crippen molar-refractivity contribution >= 4 is 22.7 Å². The molecule has 3 rings (SSSR count). The smallest absolute Gasteiger partial charge is 0.337 e. The number of carbonyl (C=O) groups is 1. The molecule has 3 aromatic rings. The summed E-state index contributed by atoms with van der Waals surface area (Å²) in [6.07, 6.45) is 0. The summed E-state index contributed by atoms with van der Waals surface area (Å²) in [7, 11) is 3.24. The summed E-state index contributed by atoms with van der Waals surface area (Å²) in [6.45, 7) is 1.83. The highest BCUT2D eigenvalue weighted by Gasteiger charge is 2.15. The number of carbonyl (C=O) groups excluding carboxylic acids is 1. The fourth-order valence-electron chi connectivity index (χ4n) is 2.37. The van der Waals surface area contributed by atoms with Crippen LogP contribution in [0.1, 0.15) is 16.1 Å². The number of benzene rings is 1. The molecule has 1 amide bonds. The molecule has 0 spiro atoms. The second-order valence-electron chi connectivity index (χ2n) is 5.09. The van der Waals surface area contributed by atoms with E-state index in [9.17, 15) is 9.59 Å². The fraction of sp³-hybridized carbons (Fsp3) is 0.188. The molecule has 0 saturated heterocycles. The highest BCUT2D eigenvalue weighted by atomic mass is 16.5. The number of amides is 1. The van der Waals surface area contributed by atoms with Crippen molar-refractivity contribution in [3.8, 4) is 5.75 Å². The van der Waals surface area contributed by atoms with Gasteiger partial charge in [0.2, 0.25) is 0 Å². The molecule has 1 N–H and O–H groups in total. The van der Waals surface area contributed by atoms with Gasteiger partial charge in [0.25, 0.3) is 5.91 Å². The van der Waals surface area contributed by atoms with Crippen molar-refractivity contribution in [1.82, 2.24) is 9.78 Å². The predicted molar refractivity (Wildman–Crippen MR) is 84.9 cm³/mol. The first-order valence-corrected chi connectivity index (χ1v) is 6.92. The van der Waals surface area contributed by atoms with Gasteiger partial charge in [-0.05, 0) is 19.1 Å². The van der Waals surface area contributed by atoms with Crippen LogP contribution in [0.25, 0.3) is 11.0 Å². The van der Waals surface area contributed by atoms with Crippen LogP contribution in [-0.4, -0.2) is 22.8 Å². The molecule has 0 bridgehead atoms. The molecule has 118 valence electrons. The molecule has 1 aromatic carbocycles. The summed E-state index contributed by atoms with van der Waals surface area (Å²) >= 11 is 0. The summed E-state index contributed by atoms with van der Waals surface area (Å²) in [6, 6.07) is 7.87. The van der Waals surface area contributed by atoms with E-state index in [1.807, 2.05) is 6.92 Å². The van der Waals surface area contributed by atoms with Gasteiger partial charge >= 0.3 is 5.63 Å². The molecule has 0 aliphatic carbocycles. The highest BCUT2D eigenvalue weighted by molar-refractivity contribution is 6.11. The van der Waals surface area contributed by atoms with Crippen molar-refractivity contribution in [3.05, 3.63) is 52.0 Å². The van der Waals surface area contributed by atoms with Gasteiger partial charge in [-0.15, -0.1) is 0 Å². The highest BCUT2D eigenvalue weighted by Crippen LogP contribution is 2.23. The Bertz CT molecular complexity index is 956. The van der Waals surface area contributed by atoms with Crippen LogP contribution < -0.4 is 15.7 Å². The molecule has 23 heavy (non-hydrogen) atoms. The van der Waals surface area contributed by atoms with Gasteiger partial charge in [0.05, 0.1) is 18.4 Å². The topological polar surface area (TPSA) is 86.4 Å². The van der Waals surface area contributed by atoms with Crippen LogP contribution in [0, 0.1) is 6.92 Å². The number of aromatic nitrogens is 2. The lowest BCUT2D eigenvalue weighted by Gasteiger charge is -2.08. The van der Waals surface area contributed by atoms with Crippen molar-refractivity contribution in [2.75, 3.05) is 12.4 Å². The molecule has 0 atom stereocenters. The van der Waals surface area contributed by atoms with Gasteiger partial charge in [-0.3, -0.25) is 9.48 Å². The van der Waals surface area contributed by atoms with Crippen LogP contribution in [0.15, 0.2) is 39.5 Å². The third-order valence-electron chi connectivity index (χ3n) is 3.44. The summed E-state index contributed by atoms with van der Waals surface area (Å²) < 4.78 is 11.8. The predicted octanol–water partition coefficient (Wildman–Crippen LogP) is 2.10. The second kappa shape index (κ2) is 5.60. The van der Waals surface area contributed by atoms with Crippen molar-refractivity contribution in [2.24, 2.45) is 7.05 Å². The molecule has 0 fully saturated rings. The maximum Gasteiger partial charge on any atom is 0.337 e. The zero-order valence-corrected chi connectivity index (χ0v) is 12.9. The SMILES string of the molecule is COc1ccc2c(C(=O)Nc3cc(C)nn3C)cc(=O)oc2c1. The molecule has 0 aliphatic heterocycles. The lowest BCUT2D eigenvalue weighted by atomic mass is 10.1. The van der Waals surface area contributed by atoms with Gasteiger partial charge < -0.3 is 14.5 Å². The monoisotopic (exact) mass is 313 g/mol. The number of aryl methyl sites for hydroxylation is 2. The van der Waals surface area contributed by atoms with Gasteiger partial charge in [-0.1, -0.05) is 0 Å². The fourth-order valence-corrected chi connectivity index (χ4v) is 2.37. The Balaban J connectivity index is 2.06. The average Bonchev–Trinajstić information content (AvgIpc) is 2.83. The van der Waals surface area contributed by atoms with E-state index in [0.717, 1.165) is 5.69 Å². The summed E-state index contributed by atoms with van der Waals surface area (Å²) in [5.41, 5.74) is 0.711. The van der Waals surface area contributed by atoms with E-state index in [1.54, 1.807) is 36.0 Å². The Morgan fingerprint density at radius 2 is 2.09 bits per heavy atom.